The summed E-state index contributed by atoms with van der Waals surface area (Å²) >= 11 is 1.61. The number of thioether (sulfide) groups is 1. The van der Waals surface area contributed by atoms with Crippen LogP contribution in [0.4, 0.5) is 0 Å². The highest BCUT2D eigenvalue weighted by atomic mass is 32.2. The highest BCUT2D eigenvalue weighted by Crippen LogP contribution is 2.22. The van der Waals surface area contributed by atoms with Crippen molar-refractivity contribution in [3.63, 3.8) is 0 Å². The largest absolute Gasteiger partial charge is 0.497 e. The molecule has 130 valence electrons. The fourth-order valence-corrected chi connectivity index (χ4v) is 3.93. The summed E-state index contributed by atoms with van der Waals surface area (Å²) in [5.74, 6) is 0.598. The summed E-state index contributed by atoms with van der Waals surface area (Å²) in [5, 5.41) is 10.2. The molecule has 0 aromatic heterocycles. The monoisotopic (exact) mass is 367 g/mol. The van der Waals surface area contributed by atoms with Crippen molar-refractivity contribution < 1.29 is 18.3 Å². The Morgan fingerprint density at radius 3 is 2.42 bits per heavy atom. The van der Waals surface area contributed by atoms with Gasteiger partial charge in [0.05, 0.1) is 18.1 Å². The van der Waals surface area contributed by atoms with Gasteiger partial charge in [0.25, 0.3) is 0 Å². The summed E-state index contributed by atoms with van der Waals surface area (Å²) < 4.78 is 32.4. The molecule has 5 nitrogen and oxygen atoms in total. The molecule has 0 aliphatic rings. The molecule has 2 rings (SSSR count). The molecule has 0 aliphatic heterocycles. The number of hydrogen-bond donors (Lipinski definition) is 2. The number of rotatable bonds is 7. The molecule has 0 spiro atoms. The van der Waals surface area contributed by atoms with Gasteiger partial charge in [-0.2, -0.15) is 0 Å². The molecule has 1 unspecified atom stereocenters. The first-order valence-corrected chi connectivity index (χ1v) is 10.0. The van der Waals surface area contributed by atoms with E-state index in [4.69, 9.17) is 4.74 Å². The van der Waals surface area contributed by atoms with Crippen LogP contribution in [0.2, 0.25) is 0 Å². The second-order valence-electron chi connectivity index (χ2n) is 5.27. The van der Waals surface area contributed by atoms with Gasteiger partial charge in [-0.05, 0) is 54.6 Å². The Bertz CT molecular complexity index is 789. The Morgan fingerprint density at radius 1 is 1.21 bits per heavy atom. The van der Waals surface area contributed by atoms with Gasteiger partial charge in [-0.1, -0.05) is 12.1 Å². The van der Waals surface area contributed by atoms with Crippen LogP contribution in [0.25, 0.3) is 0 Å². The Kier molecular flexibility index (Phi) is 6.28. The first-order valence-electron chi connectivity index (χ1n) is 7.33. The Hall–Kier alpha value is -1.54. The molecule has 2 aromatic carbocycles. The van der Waals surface area contributed by atoms with Gasteiger partial charge in [-0.25, -0.2) is 13.1 Å². The van der Waals surface area contributed by atoms with E-state index in [1.807, 2.05) is 18.4 Å². The van der Waals surface area contributed by atoms with Crippen LogP contribution in [0, 0.1) is 6.92 Å². The average molecular weight is 367 g/mol. The highest BCUT2D eigenvalue weighted by molar-refractivity contribution is 7.98. The second-order valence-corrected chi connectivity index (χ2v) is 7.89. The van der Waals surface area contributed by atoms with Crippen LogP contribution in [-0.2, 0) is 10.0 Å². The zero-order chi connectivity index (χ0) is 17.7. The van der Waals surface area contributed by atoms with Crippen LogP contribution < -0.4 is 9.46 Å². The highest BCUT2D eigenvalue weighted by Gasteiger charge is 2.19. The lowest BCUT2D eigenvalue weighted by atomic mass is 10.1. The third-order valence-electron chi connectivity index (χ3n) is 3.64. The number of hydrogen-bond acceptors (Lipinski definition) is 5. The van der Waals surface area contributed by atoms with E-state index in [9.17, 15) is 13.5 Å². The van der Waals surface area contributed by atoms with E-state index in [0.29, 0.717) is 16.9 Å². The van der Waals surface area contributed by atoms with E-state index in [2.05, 4.69) is 4.72 Å². The zero-order valence-corrected chi connectivity index (χ0v) is 15.4. The fourth-order valence-electron chi connectivity index (χ4n) is 2.26. The third-order valence-corrected chi connectivity index (χ3v) is 5.97. The molecule has 0 saturated carbocycles. The third kappa shape index (κ3) is 4.51. The first-order chi connectivity index (χ1) is 11.4. The van der Waals surface area contributed by atoms with Gasteiger partial charge in [0.2, 0.25) is 10.0 Å². The summed E-state index contributed by atoms with van der Waals surface area (Å²) in [7, 11) is -2.17. The van der Waals surface area contributed by atoms with E-state index in [0.717, 1.165) is 4.90 Å². The molecule has 2 aromatic rings. The maximum absolute atomic E-state index is 12.4. The summed E-state index contributed by atoms with van der Waals surface area (Å²) in [6, 6.07) is 12.1. The summed E-state index contributed by atoms with van der Waals surface area (Å²) in [6.07, 6.45) is 1.06. The molecule has 0 heterocycles. The minimum absolute atomic E-state index is 0.0909. The van der Waals surface area contributed by atoms with E-state index < -0.39 is 16.1 Å². The smallest absolute Gasteiger partial charge is 0.240 e. The number of aliphatic hydroxyl groups is 1. The van der Waals surface area contributed by atoms with Crippen LogP contribution >= 0.6 is 11.8 Å². The van der Waals surface area contributed by atoms with E-state index in [-0.39, 0.29) is 11.4 Å². The summed E-state index contributed by atoms with van der Waals surface area (Å²) in [6.45, 7) is 1.61. The molecule has 0 fully saturated rings. The van der Waals surface area contributed by atoms with Gasteiger partial charge in [0.15, 0.2) is 0 Å². The standard InChI is InChI=1S/C17H21NO4S2/c1-12-10-14(22-2)6-9-17(12)24(20,21)18-11-16(19)13-4-7-15(23-3)8-5-13/h4-10,16,18-19H,11H2,1-3H3. The quantitative estimate of drug-likeness (QED) is 0.736. The summed E-state index contributed by atoms with van der Waals surface area (Å²) in [4.78, 5) is 1.26. The van der Waals surface area contributed by atoms with Crippen molar-refractivity contribution in [3.8, 4) is 5.75 Å². The predicted molar refractivity (Wildman–Crippen MR) is 96.1 cm³/mol. The molecule has 24 heavy (non-hydrogen) atoms. The minimum atomic E-state index is -3.70. The molecule has 0 aliphatic carbocycles. The van der Waals surface area contributed by atoms with Gasteiger partial charge in [-0.3, -0.25) is 0 Å². The van der Waals surface area contributed by atoms with E-state index in [1.165, 1.54) is 13.2 Å². The van der Waals surface area contributed by atoms with Crippen LogP contribution in [0.15, 0.2) is 52.3 Å². The van der Waals surface area contributed by atoms with Gasteiger partial charge in [0.1, 0.15) is 5.75 Å². The minimum Gasteiger partial charge on any atom is -0.497 e. The molecule has 0 radical (unpaired) electrons. The molecule has 2 N–H and O–H groups in total. The maximum atomic E-state index is 12.4. The Labute approximate surface area is 147 Å². The van der Waals surface area contributed by atoms with Gasteiger partial charge >= 0.3 is 0 Å². The molecular formula is C17H21NO4S2. The van der Waals surface area contributed by atoms with Crippen LogP contribution in [0.1, 0.15) is 17.2 Å². The van der Waals surface area contributed by atoms with Crippen molar-refractivity contribution in [2.75, 3.05) is 19.9 Å². The number of aryl methyl sites for hydroxylation is 1. The lowest BCUT2D eigenvalue weighted by Gasteiger charge is -2.14. The number of ether oxygens (including phenoxy) is 1. The maximum Gasteiger partial charge on any atom is 0.240 e. The molecule has 0 saturated heterocycles. The average Bonchev–Trinajstić information content (AvgIpc) is 2.59. The Balaban J connectivity index is 2.08. The SMILES string of the molecule is COc1ccc(S(=O)(=O)NCC(O)c2ccc(SC)cc2)c(C)c1. The van der Waals surface area contributed by atoms with Crippen LogP contribution in [0.3, 0.4) is 0 Å². The Morgan fingerprint density at radius 2 is 1.88 bits per heavy atom. The van der Waals surface area contributed by atoms with Crippen molar-refractivity contribution in [1.82, 2.24) is 4.72 Å². The number of sulfonamides is 1. The molecule has 0 amide bonds. The molecule has 0 bridgehead atoms. The van der Waals surface area contributed by atoms with Crippen LogP contribution in [0.5, 0.6) is 5.75 Å². The van der Waals surface area contributed by atoms with E-state index in [1.54, 1.807) is 43.0 Å². The fraction of sp³-hybridized carbons (Fsp3) is 0.294. The van der Waals surface area contributed by atoms with Gasteiger partial charge in [0, 0.05) is 11.4 Å². The van der Waals surface area contributed by atoms with Crippen molar-refractivity contribution in [1.29, 1.82) is 0 Å². The number of methoxy groups -OCH3 is 1. The summed E-state index contributed by atoms with van der Waals surface area (Å²) in [5.41, 5.74) is 1.25. The van der Waals surface area contributed by atoms with Crippen molar-refractivity contribution in [2.24, 2.45) is 0 Å². The van der Waals surface area contributed by atoms with Crippen LogP contribution in [-0.4, -0.2) is 33.4 Å². The molecule has 1 atom stereocenters. The normalized spacial score (nSPS) is 12.8. The molecular weight excluding hydrogens is 346 g/mol. The number of nitrogens with one attached hydrogen (secondary N) is 1. The lowest BCUT2D eigenvalue weighted by molar-refractivity contribution is 0.182. The number of aliphatic hydroxyl groups excluding tert-OH is 1. The number of benzene rings is 2. The van der Waals surface area contributed by atoms with Gasteiger partial charge < -0.3 is 9.84 Å². The topological polar surface area (TPSA) is 75.6 Å². The predicted octanol–water partition coefficient (Wildman–Crippen LogP) is 2.74. The van der Waals surface area contributed by atoms with E-state index >= 15 is 0 Å². The first kappa shape index (κ1) is 18.8. The van der Waals surface area contributed by atoms with Crippen molar-refractivity contribution >= 4 is 21.8 Å². The van der Waals surface area contributed by atoms with Crippen molar-refractivity contribution in [2.45, 2.75) is 22.8 Å². The zero-order valence-electron chi connectivity index (χ0n) is 13.8. The van der Waals surface area contributed by atoms with Crippen molar-refractivity contribution in [3.05, 3.63) is 53.6 Å². The lowest BCUT2D eigenvalue weighted by Crippen LogP contribution is -2.29. The van der Waals surface area contributed by atoms with Gasteiger partial charge in [-0.15, -0.1) is 11.8 Å². The second kappa shape index (κ2) is 8.02. The molecule has 7 heteroatoms.